The fourth-order valence-electron chi connectivity index (χ4n) is 3.27. The molecule has 3 rings (SSSR count). The second kappa shape index (κ2) is 8.95. The van der Waals surface area contributed by atoms with Crippen molar-refractivity contribution < 1.29 is 9.53 Å². The standard InChI is InChI=1S/C21H25ClN2O2/c1-16(26-19-10-4-9-18(22)15-19)21(25)23-12-6-14-24-13-5-8-17-7-2-3-11-20(17)24/h2-4,7,9-11,15-16H,5-6,8,12-14H2,1H3,(H,23,25)/t16-/m1/s1. The number of para-hydroxylation sites is 1. The highest BCUT2D eigenvalue weighted by Crippen LogP contribution is 2.26. The van der Waals surface area contributed by atoms with E-state index in [0.29, 0.717) is 17.3 Å². The van der Waals surface area contributed by atoms with Crippen molar-refractivity contribution in [2.45, 2.75) is 32.3 Å². The molecule has 0 aromatic heterocycles. The van der Waals surface area contributed by atoms with Gasteiger partial charge in [0.15, 0.2) is 6.10 Å². The van der Waals surface area contributed by atoms with Crippen LogP contribution in [0.15, 0.2) is 48.5 Å². The smallest absolute Gasteiger partial charge is 0.260 e. The fourth-order valence-corrected chi connectivity index (χ4v) is 3.45. The lowest BCUT2D eigenvalue weighted by atomic mass is 10.0. The third-order valence-electron chi connectivity index (χ3n) is 4.59. The molecule has 0 saturated heterocycles. The van der Waals surface area contributed by atoms with Crippen molar-refractivity contribution in [3.8, 4) is 5.75 Å². The third kappa shape index (κ3) is 4.92. The first-order valence-corrected chi connectivity index (χ1v) is 9.54. The minimum Gasteiger partial charge on any atom is -0.481 e. The van der Waals surface area contributed by atoms with E-state index in [1.807, 2.05) is 0 Å². The van der Waals surface area contributed by atoms with Crippen molar-refractivity contribution in [3.05, 3.63) is 59.1 Å². The maximum atomic E-state index is 12.2. The summed E-state index contributed by atoms with van der Waals surface area (Å²) in [5.41, 5.74) is 2.76. The number of ether oxygens (including phenoxy) is 1. The number of hydrogen-bond donors (Lipinski definition) is 1. The minimum absolute atomic E-state index is 0.107. The number of halogens is 1. The first-order valence-electron chi connectivity index (χ1n) is 9.16. The van der Waals surface area contributed by atoms with Gasteiger partial charge < -0.3 is 15.0 Å². The van der Waals surface area contributed by atoms with Gasteiger partial charge in [0.2, 0.25) is 0 Å². The van der Waals surface area contributed by atoms with Gasteiger partial charge in [-0.3, -0.25) is 4.79 Å². The number of carbonyl (C=O) groups excluding carboxylic acids is 1. The van der Waals surface area contributed by atoms with Crippen LogP contribution in [0.2, 0.25) is 5.02 Å². The van der Waals surface area contributed by atoms with Crippen molar-refractivity contribution in [2.75, 3.05) is 24.5 Å². The van der Waals surface area contributed by atoms with Crippen LogP contribution in [0.1, 0.15) is 25.3 Å². The molecule has 0 unspecified atom stereocenters. The van der Waals surface area contributed by atoms with Gasteiger partial charge in [-0.2, -0.15) is 0 Å². The van der Waals surface area contributed by atoms with Gasteiger partial charge in [0.25, 0.3) is 5.91 Å². The normalized spacial score (nSPS) is 14.5. The molecular formula is C21H25ClN2O2. The molecule has 1 N–H and O–H groups in total. The van der Waals surface area contributed by atoms with Crippen LogP contribution >= 0.6 is 11.6 Å². The third-order valence-corrected chi connectivity index (χ3v) is 4.82. The summed E-state index contributed by atoms with van der Waals surface area (Å²) in [5.74, 6) is 0.495. The molecule has 1 amide bonds. The zero-order valence-electron chi connectivity index (χ0n) is 15.1. The molecular weight excluding hydrogens is 348 g/mol. The number of rotatable bonds is 7. The van der Waals surface area contributed by atoms with Crippen LogP contribution in [0.25, 0.3) is 0 Å². The maximum Gasteiger partial charge on any atom is 0.260 e. The van der Waals surface area contributed by atoms with Crippen LogP contribution in [0.5, 0.6) is 5.75 Å². The Kier molecular flexibility index (Phi) is 6.40. The number of carbonyl (C=O) groups is 1. The molecule has 4 nitrogen and oxygen atoms in total. The van der Waals surface area contributed by atoms with Crippen LogP contribution < -0.4 is 15.0 Å². The molecule has 0 bridgehead atoms. The van der Waals surface area contributed by atoms with Crippen molar-refractivity contribution in [1.82, 2.24) is 5.32 Å². The van der Waals surface area contributed by atoms with Gasteiger partial charge >= 0.3 is 0 Å². The predicted molar refractivity (Wildman–Crippen MR) is 106 cm³/mol. The summed E-state index contributed by atoms with van der Waals surface area (Å²) in [6.45, 7) is 4.41. The van der Waals surface area contributed by atoms with Gasteiger partial charge in [0, 0.05) is 30.3 Å². The molecule has 0 fully saturated rings. The Balaban J connectivity index is 1.41. The van der Waals surface area contributed by atoms with Crippen LogP contribution in [0.3, 0.4) is 0 Å². The number of nitrogens with one attached hydrogen (secondary N) is 1. The first-order chi connectivity index (χ1) is 12.6. The second-order valence-electron chi connectivity index (χ2n) is 6.58. The van der Waals surface area contributed by atoms with E-state index < -0.39 is 6.10 Å². The Morgan fingerprint density at radius 3 is 2.96 bits per heavy atom. The molecule has 2 aromatic carbocycles. The Morgan fingerprint density at radius 2 is 2.12 bits per heavy atom. The summed E-state index contributed by atoms with van der Waals surface area (Å²) in [7, 11) is 0. The molecule has 0 aliphatic carbocycles. The van der Waals surface area contributed by atoms with Gasteiger partial charge in [0.05, 0.1) is 0 Å². The summed E-state index contributed by atoms with van der Waals surface area (Å²) >= 11 is 5.93. The predicted octanol–water partition coefficient (Wildman–Crippen LogP) is 4.07. The minimum atomic E-state index is -0.552. The summed E-state index contributed by atoms with van der Waals surface area (Å²) in [6, 6.07) is 15.7. The topological polar surface area (TPSA) is 41.6 Å². The van der Waals surface area contributed by atoms with E-state index in [4.69, 9.17) is 16.3 Å². The molecule has 1 atom stereocenters. The van der Waals surface area contributed by atoms with E-state index >= 15 is 0 Å². The number of amides is 1. The van der Waals surface area contributed by atoms with Crippen LogP contribution in [0.4, 0.5) is 5.69 Å². The number of nitrogens with zero attached hydrogens (tertiary/aromatic N) is 1. The van der Waals surface area contributed by atoms with Gasteiger partial charge in [-0.15, -0.1) is 0 Å². The lowest BCUT2D eigenvalue weighted by Gasteiger charge is -2.31. The summed E-state index contributed by atoms with van der Waals surface area (Å²) in [4.78, 5) is 14.6. The van der Waals surface area contributed by atoms with E-state index in [-0.39, 0.29) is 5.91 Å². The van der Waals surface area contributed by atoms with Gasteiger partial charge in [-0.25, -0.2) is 0 Å². The Labute approximate surface area is 160 Å². The van der Waals surface area contributed by atoms with Crippen LogP contribution in [-0.2, 0) is 11.2 Å². The highest BCUT2D eigenvalue weighted by molar-refractivity contribution is 6.30. The number of anilines is 1. The summed E-state index contributed by atoms with van der Waals surface area (Å²) < 4.78 is 5.64. The second-order valence-corrected chi connectivity index (χ2v) is 7.02. The highest BCUT2D eigenvalue weighted by atomic mass is 35.5. The zero-order valence-corrected chi connectivity index (χ0v) is 15.8. The molecule has 138 valence electrons. The van der Waals surface area contributed by atoms with E-state index in [2.05, 4.69) is 34.5 Å². The number of benzene rings is 2. The average molecular weight is 373 g/mol. The molecule has 1 heterocycles. The Bertz CT molecular complexity index is 750. The monoisotopic (exact) mass is 372 g/mol. The van der Waals surface area contributed by atoms with Crippen molar-refractivity contribution >= 4 is 23.2 Å². The summed E-state index contributed by atoms with van der Waals surface area (Å²) in [6.07, 6.45) is 2.70. The molecule has 1 aliphatic rings. The van der Waals surface area contributed by atoms with Gasteiger partial charge in [-0.05, 0) is 56.0 Å². The number of aryl methyl sites for hydroxylation is 1. The largest absolute Gasteiger partial charge is 0.481 e. The molecule has 26 heavy (non-hydrogen) atoms. The van der Waals surface area contributed by atoms with E-state index in [0.717, 1.165) is 25.9 Å². The SMILES string of the molecule is C[C@@H](Oc1cccc(Cl)c1)C(=O)NCCCN1CCCc2ccccc21. The molecule has 0 radical (unpaired) electrons. The quantitative estimate of drug-likeness (QED) is 0.745. The molecule has 5 heteroatoms. The summed E-state index contributed by atoms with van der Waals surface area (Å²) in [5, 5.41) is 3.55. The fraction of sp³-hybridized carbons (Fsp3) is 0.381. The number of hydrogen-bond acceptors (Lipinski definition) is 3. The van der Waals surface area contributed by atoms with E-state index in [1.165, 1.54) is 17.7 Å². The molecule has 2 aromatic rings. The number of fused-ring (bicyclic) bond motifs is 1. The first kappa shape index (κ1) is 18.6. The molecule has 1 aliphatic heterocycles. The van der Waals surface area contributed by atoms with E-state index in [9.17, 15) is 4.79 Å². The lowest BCUT2D eigenvalue weighted by Crippen LogP contribution is -2.38. The maximum absolute atomic E-state index is 12.2. The van der Waals surface area contributed by atoms with Crippen molar-refractivity contribution in [1.29, 1.82) is 0 Å². The molecule has 0 spiro atoms. The van der Waals surface area contributed by atoms with Crippen molar-refractivity contribution in [3.63, 3.8) is 0 Å². The van der Waals surface area contributed by atoms with Crippen LogP contribution in [0, 0.1) is 0 Å². The Hall–Kier alpha value is -2.20. The van der Waals surface area contributed by atoms with Gasteiger partial charge in [0.1, 0.15) is 5.75 Å². The Morgan fingerprint density at radius 1 is 1.27 bits per heavy atom. The van der Waals surface area contributed by atoms with Crippen LogP contribution in [-0.4, -0.2) is 31.6 Å². The lowest BCUT2D eigenvalue weighted by molar-refractivity contribution is -0.127. The van der Waals surface area contributed by atoms with Gasteiger partial charge in [-0.1, -0.05) is 35.9 Å². The van der Waals surface area contributed by atoms with E-state index in [1.54, 1.807) is 31.2 Å². The highest BCUT2D eigenvalue weighted by Gasteiger charge is 2.17. The zero-order chi connectivity index (χ0) is 18.4. The average Bonchev–Trinajstić information content (AvgIpc) is 2.65. The molecule has 0 saturated carbocycles. The van der Waals surface area contributed by atoms with Crippen molar-refractivity contribution in [2.24, 2.45) is 0 Å².